The molecule has 9 rings (SSSR count). The normalized spacial score (nSPS) is 12.0. The zero-order chi connectivity index (χ0) is 32.6. The molecule has 0 saturated heterocycles. The van der Waals surface area contributed by atoms with Crippen LogP contribution in [0, 0.1) is 0 Å². The maximum atomic E-state index is 6.40. The van der Waals surface area contributed by atoms with Crippen LogP contribution in [-0.2, 0) is 0 Å². The number of hydrogen-bond acceptors (Lipinski definition) is 3. The molecular formula is C43H29N5O+2. The monoisotopic (exact) mass is 631 g/mol. The SMILES string of the molecule is C1=[N+](c2cccc(Oc3cccc(-n4nccn4)c3)c2)c2ccc3ccccc3c2[N+]=1c1c(-c2ccccc2)cccc1-c1ccccc1. The highest BCUT2D eigenvalue weighted by Gasteiger charge is 2.41. The van der Waals surface area contributed by atoms with E-state index in [0.717, 1.165) is 61.5 Å². The summed E-state index contributed by atoms with van der Waals surface area (Å²) in [6, 6.07) is 60.3. The van der Waals surface area contributed by atoms with Crippen LogP contribution in [0.1, 0.15) is 0 Å². The summed E-state index contributed by atoms with van der Waals surface area (Å²) in [5.74, 6) is 1.40. The second-order valence-electron chi connectivity index (χ2n) is 11.8. The van der Waals surface area contributed by atoms with Crippen LogP contribution in [0.2, 0.25) is 0 Å². The molecule has 0 N–H and O–H groups in total. The third-order valence-electron chi connectivity index (χ3n) is 8.75. The van der Waals surface area contributed by atoms with Crippen molar-refractivity contribution in [3.63, 3.8) is 0 Å². The van der Waals surface area contributed by atoms with E-state index >= 15 is 0 Å². The summed E-state index contributed by atoms with van der Waals surface area (Å²) in [5, 5.41) is 10.8. The number of benzene rings is 7. The Kier molecular flexibility index (Phi) is 6.97. The summed E-state index contributed by atoms with van der Waals surface area (Å²) < 4.78 is 10.8. The first kappa shape index (κ1) is 28.4. The molecule has 0 radical (unpaired) electrons. The van der Waals surface area contributed by atoms with E-state index in [9.17, 15) is 0 Å². The molecule has 0 amide bonds. The summed E-state index contributed by atoms with van der Waals surface area (Å²) in [5.41, 5.74) is 9.45. The van der Waals surface area contributed by atoms with E-state index in [0.29, 0.717) is 11.5 Å². The zero-order valence-corrected chi connectivity index (χ0v) is 26.4. The van der Waals surface area contributed by atoms with Gasteiger partial charge in [-0.15, -0.1) is 0 Å². The fourth-order valence-corrected chi connectivity index (χ4v) is 6.55. The largest absolute Gasteiger partial charge is 0.503 e. The van der Waals surface area contributed by atoms with Gasteiger partial charge in [-0.1, -0.05) is 97.1 Å². The van der Waals surface area contributed by atoms with E-state index in [-0.39, 0.29) is 0 Å². The lowest BCUT2D eigenvalue weighted by Gasteiger charge is -2.11. The van der Waals surface area contributed by atoms with Gasteiger partial charge in [-0.05, 0) is 68.1 Å². The topological polar surface area (TPSA) is 46.0 Å². The number of nitrogens with zero attached hydrogens (tertiary/aromatic N) is 5. The highest BCUT2D eigenvalue weighted by atomic mass is 16.5. The van der Waals surface area contributed by atoms with E-state index in [2.05, 4.69) is 153 Å². The number of fused-ring (bicyclic) bond motifs is 3. The summed E-state index contributed by atoms with van der Waals surface area (Å²) in [7, 11) is 0. The number of rotatable bonds is 7. The molecule has 0 aliphatic carbocycles. The average Bonchev–Trinajstić information content (AvgIpc) is 3.85. The minimum atomic E-state index is 0.693. The van der Waals surface area contributed by atoms with Crippen molar-refractivity contribution in [3.8, 4) is 39.4 Å². The molecule has 2 heterocycles. The van der Waals surface area contributed by atoms with Crippen LogP contribution in [0.25, 0.3) is 38.7 Å². The van der Waals surface area contributed by atoms with E-state index in [4.69, 9.17) is 4.74 Å². The van der Waals surface area contributed by atoms with Gasteiger partial charge in [0, 0.05) is 18.2 Å². The first-order valence-corrected chi connectivity index (χ1v) is 16.2. The number of para-hydroxylation sites is 1. The fraction of sp³-hybridized carbons (Fsp3) is 0. The molecule has 0 bridgehead atoms. The third-order valence-corrected chi connectivity index (χ3v) is 8.75. The maximum Gasteiger partial charge on any atom is 0.503 e. The van der Waals surface area contributed by atoms with Crippen molar-refractivity contribution in [2.24, 2.45) is 0 Å². The Morgan fingerprint density at radius 1 is 0.510 bits per heavy atom. The standard InChI is InChI=1S/C43H29N5O/c1-3-12-31(13-4-1)38-22-11-23-39(32-14-5-2-6-15-32)42(38)47-30-46(41-25-24-33-16-7-8-21-40(33)43(41)47)34-17-9-19-36(28-34)49-37-20-10-18-35(29-37)48-44-26-27-45-48/h1-29H/q+2. The van der Waals surface area contributed by atoms with Crippen molar-refractivity contribution in [2.75, 3.05) is 0 Å². The van der Waals surface area contributed by atoms with Gasteiger partial charge in [-0.2, -0.15) is 15.0 Å². The van der Waals surface area contributed by atoms with E-state index in [1.807, 2.05) is 36.4 Å². The molecule has 0 unspecified atom stereocenters. The van der Waals surface area contributed by atoms with Gasteiger partial charge < -0.3 is 4.74 Å². The van der Waals surface area contributed by atoms with Crippen molar-refractivity contribution in [1.82, 2.24) is 24.1 Å². The van der Waals surface area contributed by atoms with Gasteiger partial charge in [0.2, 0.25) is 11.4 Å². The van der Waals surface area contributed by atoms with Crippen molar-refractivity contribution in [1.29, 1.82) is 0 Å². The Labute approximate surface area is 283 Å². The molecule has 0 saturated carbocycles. The molecule has 1 aromatic heterocycles. The Hall–Kier alpha value is -6.88. The van der Waals surface area contributed by atoms with Crippen molar-refractivity contribution in [2.45, 2.75) is 0 Å². The summed E-state index contributed by atoms with van der Waals surface area (Å²) in [6.45, 7) is 0. The van der Waals surface area contributed by atoms with Crippen LogP contribution in [0.15, 0.2) is 176 Å². The van der Waals surface area contributed by atoms with Gasteiger partial charge in [-0.25, -0.2) is 0 Å². The second-order valence-corrected chi connectivity index (χ2v) is 11.8. The van der Waals surface area contributed by atoms with Gasteiger partial charge >= 0.3 is 11.7 Å². The predicted molar refractivity (Wildman–Crippen MR) is 197 cm³/mol. The lowest BCUT2D eigenvalue weighted by molar-refractivity contribution is 0.482. The number of hydrogen-bond donors (Lipinski definition) is 0. The lowest BCUT2D eigenvalue weighted by Crippen LogP contribution is -2.05. The zero-order valence-electron chi connectivity index (χ0n) is 26.4. The first-order valence-electron chi connectivity index (χ1n) is 16.2. The summed E-state index contributed by atoms with van der Waals surface area (Å²) in [4.78, 5) is 1.57. The van der Waals surface area contributed by atoms with Gasteiger partial charge in [0.1, 0.15) is 11.5 Å². The van der Waals surface area contributed by atoms with Crippen molar-refractivity contribution in [3.05, 3.63) is 176 Å². The smallest absolute Gasteiger partial charge is 0.457 e. The molecule has 7 aromatic carbocycles. The highest BCUT2D eigenvalue weighted by Crippen LogP contribution is 2.47. The van der Waals surface area contributed by atoms with Crippen LogP contribution in [-0.4, -0.2) is 21.0 Å². The molecule has 230 valence electrons. The number of ether oxygens (including phenoxy) is 1. The highest BCUT2D eigenvalue weighted by molar-refractivity contribution is 6.06. The average molecular weight is 632 g/mol. The Morgan fingerprint density at radius 2 is 1.14 bits per heavy atom. The quantitative estimate of drug-likeness (QED) is 0.164. The van der Waals surface area contributed by atoms with E-state index in [1.165, 1.54) is 0 Å². The molecule has 0 spiro atoms. The van der Waals surface area contributed by atoms with Gasteiger partial charge in [0.15, 0.2) is 0 Å². The van der Waals surface area contributed by atoms with Gasteiger partial charge in [0.25, 0.3) is 5.69 Å². The van der Waals surface area contributed by atoms with E-state index in [1.54, 1.807) is 17.2 Å². The Bertz CT molecular complexity index is 2490. The Morgan fingerprint density at radius 3 is 1.88 bits per heavy atom. The Balaban J connectivity index is 1.25. The minimum Gasteiger partial charge on any atom is -0.457 e. The van der Waals surface area contributed by atoms with Gasteiger partial charge in [0.05, 0.1) is 40.7 Å². The lowest BCUT2D eigenvalue weighted by atomic mass is 9.95. The summed E-state index contributed by atoms with van der Waals surface area (Å²) in [6.07, 6.45) is 3.32. The predicted octanol–water partition coefficient (Wildman–Crippen LogP) is 10.4. The molecule has 1 aliphatic rings. The molecule has 1 aliphatic heterocycles. The molecule has 0 fully saturated rings. The fourth-order valence-electron chi connectivity index (χ4n) is 6.55. The first-order chi connectivity index (χ1) is 24.3. The van der Waals surface area contributed by atoms with Crippen molar-refractivity contribution < 1.29 is 4.74 Å². The molecule has 6 heteroatoms. The van der Waals surface area contributed by atoms with Crippen LogP contribution in [0.4, 0.5) is 22.7 Å². The maximum absolute atomic E-state index is 6.40. The molecule has 8 aromatic rings. The van der Waals surface area contributed by atoms with Crippen LogP contribution < -0.4 is 13.9 Å². The molecular weight excluding hydrogens is 603 g/mol. The second kappa shape index (κ2) is 12.0. The van der Waals surface area contributed by atoms with E-state index < -0.39 is 0 Å². The van der Waals surface area contributed by atoms with Crippen molar-refractivity contribution >= 4 is 39.5 Å². The van der Waals surface area contributed by atoms with Gasteiger partial charge in [-0.3, -0.25) is 0 Å². The molecule has 0 atom stereocenters. The number of aromatic nitrogens is 3. The summed E-state index contributed by atoms with van der Waals surface area (Å²) >= 11 is 0. The third kappa shape index (κ3) is 5.19. The minimum absolute atomic E-state index is 0.693. The van der Waals surface area contributed by atoms with Crippen LogP contribution in [0.5, 0.6) is 11.5 Å². The van der Waals surface area contributed by atoms with Crippen LogP contribution in [0.3, 0.4) is 0 Å². The molecule has 6 nitrogen and oxygen atoms in total. The van der Waals surface area contributed by atoms with Crippen LogP contribution >= 0.6 is 0 Å². The molecule has 49 heavy (non-hydrogen) atoms.